The van der Waals surface area contributed by atoms with Crippen molar-refractivity contribution in [3.05, 3.63) is 57.0 Å². The molecule has 0 spiro atoms. The lowest BCUT2D eigenvalue weighted by Gasteiger charge is -2.12. The van der Waals surface area contributed by atoms with Gasteiger partial charge in [0.05, 0.1) is 23.4 Å². The minimum Gasteiger partial charge on any atom is -0.508 e. The average Bonchev–Trinajstić information content (AvgIpc) is 2.38. The van der Waals surface area contributed by atoms with Crippen LogP contribution in [0.4, 0.5) is 0 Å². The molecule has 0 saturated carbocycles. The summed E-state index contributed by atoms with van der Waals surface area (Å²) in [4.78, 5) is 23.4. The molecule has 1 aromatic carbocycles. The zero-order valence-electron chi connectivity index (χ0n) is 10.9. The van der Waals surface area contributed by atoms with Crippen LogP contribution in [0.2, 0.25) is 5.02 Å². The van der Waals surface area contributed by atoms with Gasteiger partial charge in [0.25, 0.3) is 5.56 Å². The molecule has 0 atom stereocenters. The number of ether oxygens (including phenoxy) is 1. The zero-order valence-corrected chi connectivity index (χ0v) is 11.6. The van der Waals surface area contributed by atoms with Gasteiger partial charge in [0.1, 0.15) is 5.75 Å². The van der Waals surface area contributed by atoms with Crippen LogP contribution in [0.3, 0.4) is 0 Å². The van der Waals surface area contributed by atoms with Gasteiger partial charge in [-0.05, 0) is 31.2 Å². The molecule has 0 saturated heterocycles. The molecule has 0 radical (unpaired) electrons. The van der Waals surface area contributed by atoms with E-state index in [1.807, 2.05) is 0 Å². The maximum absolute atomic E-state index is 11.9. The van der Waals surface area contributed by atoms with Gasteiger partial charge in [-0.3, -0.25) is 9.36 Å². The highest BCUT2D eigenvalue weighted by atomic mass is 35.5. The summed E-state index contributed by atoms with van der Waals surface area (Å²) in [7, 11) is 1.28. The zero-order chi connectivity index (χ0) is 14.9. The molecule has 0 aliphatic heterocycles. The van der Waals surface area contributed by atoms with Crippen molar-refractivity contribution < 1.29 is 14.6 Å². The van der Waals surface area contributed by atoms with E-state index in [-0.39, 0.29) is 10.8 Å². The van der Waals surface area contributed by atoms with Gasteiger partial charge in [0.15, 0.2) is 0 Å². The van der Waals surface area contributed by atoms with Gasteiger partial charge in [-0.15, -0.1) is 0 Å². The highest BCUT2D eigenvalue weighted by Gasteiger charge is 2.12. The van der Waals surface area contributed by atoms with E-state index in [0.29, 0.717) is 16.9 Å². The molecule has 1 heterocycles. The third-order valence-corrected chi connectivity index (χ3v) is 3.11. The van der Waals surface area contributed by atoms with Gasteiger partial charge in [-0.25, -0.2) is 4.79 Å². The Bertz CT molecular complexity index is 736. The molecule has 6 heteroatoms. The van der Waals surface area contributed by atoms with Crippen LogP contribution >= 0.6 is 11.6 Å². The molecule has 2 aromatic rings. The van der Waals surface area contributed by atoms with Crippen LogP contribution in [0.5, 0.6) is 5.75 Å². The summed E-state index contributed by atoms with van der Waals surface area (Å²) in [5.41, 5.74) is 0.852. The normalized spacial score (nSPS) is 10.3. The molecule has 5 nitrogen and oxygen atoms in total. The standard InChI is InChI=1S/C14H12ClNO4/c1-8-5-10(17)7-13(18)16(8)12-4-3-9(6-11(12)15)14(19)20-2/h3-7,17H,1-2H3. The Labute approximate surface area is 120 Å². The molecule has 20 heavy (non-hydrogen) atoms. The van der Waals surface area contributed by atoms with Gasteiger partial charge in [-0.1, -0.05) is 11.6 Å². The highest BCUT2D eigenvalue weighted by Crippen LogP contribution is 2.23. The monoisotopic (exact) mass is 293 g/mol. The molecule has 1 aromatic heterocycles. The number of methoxy groups -OCH3 is 1. The number of aromatic nitrogens is 1. The second-order valence-corrected chi connectivity index (χ2v) is 4.59. The maximum Gasteiger partial charge on any atom is 0.337 e. The van der Waals surface area contributed by atoms with Crippen molar-refractivity contribution in [2.24, 2.45) is 0 Å². The van der Waals surface area contributed by atoms with Gasteiger partial charge >= 0.3 is 5.97 Å². The summed E-state index contributed by atoms with van der Waals surface area (Å²) in [5.74, 6) is -0.612. The number of carbonyl (C=O) groups is 1. The summed E-state index contributed by atoms with van der Waals surface area (Å²) in [6.45, 7) is 1.67. The summed E-state index contributed by atoms with van der Waals surface area (Å²) in [5, 5.41) is 9.62. The van der Waals surface area contributed by atoms with Crippen LogP contribution in [0.25, 0.3) is 5.69 Å². The van der Waals surface area contributed by atoms with Gasteiger partial charge in [0, 0.05) is 11.8 Å². The number of hydrogen-bond acceptors (Lipinski definition) is 4. The number of nitrogens with zero attached hydrogens (tertiary/aromatic N) is 1. The number of aromatic hydroxyl groups is 1. The van der Waals surface area contributed by atoms with E-state index in [9.17, 15) is 14.7 Å². The Hall–Kier alpha value is -2.27. The van der Waals surface area contributed by atoms with E-state index in [0.717, 1.165) is 6.07 Å². The largest absolute Gasteiger partial charge is 0.508 e. The fourth-order valence-electron chi connectivity index (χ4n) is 1.93. The summed E-state index contributed by atoms with van der Waals surface area (Å²) < 4.78 is 5.95. The molecule has 1 N–H and O–H groups in total. The first-order valence-electron chi connectivity index (χ1n) is 5.75. The van der Waals surface area contributed by atoms with Crippen LogP contribution in [0.15, 0.2) is 35.1 Å². The van der Waals surface area contributed by atoms with Crippen LogP contribution in [0, 0.1) is 6.92 Å². The van der Waals surface area contributed by atoms with Crippen LogP contribution in [0.1, 0.15) is 16.1 Å². The molecular weight excluding hydrogens is 282 g/mol. The number of rotatable bonds is 2. The first kappa shape index (κ1) is 14.1. The van der Waals surface area contributed by atoms with Crippen molar-refractivity contribution in [1.82, 2.24) is 4.57 Å². The Balaban J connectivity index is 2.60. The minimum absolute atomic E-state index is 0.106. The first-order chi connectivity index (χ1) is 9.43. The SMILES string of the molecule is COC(=O)c1ccc(-n2c(C)cc(O)cc2=O)c(Cl)c1. The van der Waals surface area contributed by atoms with Crippen LogP contribution in [-0.4, -0.2) is 22.8 Å². The Morgan fingerprint density at radius 3 is 2.55 bits per heavy atom. The van der Waals surface area contributed by atoms with E-state index in [1.54, 1.807) is 13.0 Å². The lowest BCUT2D eigenvalue weighted by molar-refractivity contribution is 0.0601. The molecule has 104 valence electrons. The molecule has 0 aliphatic carbocycles. The van der Waals surface area contributed by atoms with Crippen molar-refractivity contribution in [1.29, 1.82) is 0 Å². The van der Waals surface area contributed by atoms with Crippen molar-refractivity contribution in [2.45, 2.75) is 6.92 Å². The lowest BCUT2D eigenvalue weighted by Crippen LogP contribution is -2.19. The molecule has 2 rings (SSSR count). The second-order valence-electron chi connectivity index (χ2n) is 4.19. The number of esters is 1. The number of benzene rings is 1. The Morgan fingerprint density at radius 2 is 2.00 bits per heavy atom. The number of hydrogen-bond donors (Lipinski definition) is 1. The first-order valence-corrected chi connectivity index (χ1v) is 6.12. The molecule has 0 bridgehead atoms. The predicted molar refractivity (Wildman–Crippen MR) is 74.8 cm³/mol. The summed E-state index contributed by atoms with van der Waals surface area (Å²) in [6, 6.07) is 7.05. The molecule has 0 unspecified atom stereocenters. The summed E-state index contributed by atoms with van der Waals surface area (Å²) in [6.07, 6.45) is 0. The second kappa shape index (κ2) is 5.38. The lowest BCUT2D eigenvalue weighted by atomic mass is 10.2. The quantitative estimate of drug-likeness (QED) is 0.863. The van der Waals surface area contributed by atoms with E-state index in [4.69, 9.17) is 11.6 Å². The van der Waals surface area contributed by atoms with E-state index in [2.05, 4.69) is 4.74 Å². The van der Waals surface area contributed by atoms with E-state index in [1.165, 1.54) is 29.9 Å². The predicted octanol–water partition coefficient (Wildman–Crippen LogP) is 2.29. The van der Waals surface area contributed by atoms with Crippen molar-refractivity contribution in [3.63, 3.8) is 0 Å². The van der Waals surface area contributed by atoms with Crippen molar-refractivity contribution >= 4 is 17.6 Å². The van der Waals surface area contributed by atoms with Gasteiger partial charge < -0.3 is 9.84 Å². The van der Waals surface area contributed by atoms with E-state index < -0.39 is 11.5 Å². The third kappa shape index (κ3) is 2.53. The van der Waals surface area contributed by atoms with Gasteiger partial charge in [0.2, 0.25) is 0 Å². The number of carbonyl (C=O) groups excluding carboxylic acids is 1. The Kier molecular flexibility index (Phi) is 3.81. The van der Waals surface area contributed by atoms with Crippen LogP contribution < -0.4 is 5.56 Å². The Morgan fingerprint density at radius 1 is 1.30 bits per heavy atom. The molecular formula is C14H12ClNO4. The van der Waals surface area contributed by atoms with Crippen molar-refractivity contribution in [3.8, 4) is 11.4 Å². The number of pyridine rings is 1. The van der Waals surface area contributed by atoms with Crippen LogP contribution in [-0.2, 0) is 4.74 Å². The highest BCUT2D eigenvalue weighted by molar-refractivity contribution is 6.32. The molecule has 0 fully saturated rings. The minimum atomic E-state index is -0.506. The number of halogens is 1. The van der Waals surface area contributed by atoms with Gasteiger partial charge in [-0.2, -0.15) is 0 Å². The van der Waals surface area contributed by atoms with E-state index >= 15 is 0 Å². The molecule has 0 aliphatic rings. The third-order valence-electron chi connectivity index (χ3n) is 2.81. The molecule has 0 amide bonds. The smallest absolute Gasteiger partial charge is 0.337 e. The fourth-order valence-corrected chi connectivity index (χ4v) is 2.19. The number of aryl methyl sites for hydroxylation is 1. The summed E-state index contributed by atoms with van der Waals surface area (Å²) >= 11 is 6.12. The topological polar surface area (TPSA) is 68.5 Å². The average molecular weight is 294 g/mol. The van der Waals surface area contributed by atoms with Crippen molar-refractivity contribution in [2.75, 3.05) is 7.11 Å². The fraction of sp³-hybridized carbons (Fsp3) is 0.143. The maximum atomic E-state index is 11.9.